The van der Waals surface area contributed by atoms with Gasteiger partial charge in [-0.2, -0.15) is 9.57 Å². The molecule has 1 fully saturated rings. The summed E-state index contributed by atoms with van der Waals surface area (Å²) in [7, 11) is -3.53. The molecular formula is C13H16N2O3S. The normalized spacial score (nSPS) is 24.3. The van der Waals surface area contributed by atoms with E-state index in [1.54, 1.807) is 0 Å². The largest absolute Gasteiger partial charge is 0.396 e. The summed E-state index contributed by atoms with van der Waals surface area (Å²) in [6.07, 6.45) is 0. The highest BCUT2D eigenvalue weighted by Crippen LogP contribution is 2.28. The molecule has 0 saturated carbocycles. The highest BCUT2D eigenvalue weighted by Gasteiger charge is 2.36. The zero-order chi connectivity index (χ0) is 14.0. The topological polar surface area (TPSA) is 81.4 Å². The molecule has 0 aliphatic carbocycles. The molecule has 1 N–H and O–H groups in total. The number of benzene rings is 1. The highest BCUT2D eigenvalue weighted by molar-refractivity contribution is 7.89. The first kappa shape index (κ1) is 14.0. The average Bonchev–Trinajstić information content (AvgIpc) is 2.81. The maximum atomic E-state index is 12.4. The molecule has 2 rings (SSSR count). The van der Waals surface area contributed by atoms with Gasteiger partial charge in [0.1, 0.15) is 0 Å². The van der Waals surface area contributed by atoms with Crippen LogP contribution in [0.15, 0.2) is 29.2 Å². The van der Waals surface area contributed by atoms with Crippen LogP contribution in [-0.4, -0.2) is 37.5 Å². The van der Waals surface area contributed by atoms with E-state index in [1.165, 1.54) is 28.6 Å². The van der Waals surface area contributed by atoms with Gasteiger partial charge in [0.15, 0.2) is 0 Å². The van der Waals surface area contributed by atoms with Crippen molar-refractivity contribution in [2.75, 3.05) is 19.7 Å². The fraction of sp³-hybridized carbons (Fsp3) is 0.462. The summed E-state index contributed by atoms with van der Waals surface area (Å²) in [5.41, 5.74) is 0.432. The predicted molar refractivity (Wildman–Crippen MR) is 69.7 cm³/mol. The average molecular weight is 280 g/mol. The molecule has 1 saturated heterocycles. The molecule has 1 aromatic carbocycles. The van der Waals surface area contributed by atoms with E-state index in [0.29, 0.717) is 18.7 Å². The molecule has 5 nitrogen and oxygen atoms in total. The van der Waals surface area contributed by atoms with Crippen molar-refractivity contribution in [1.82, 2.24) is 4.31 Å². The van der Waals surface area contributed by atoms with E-state index in [4.69, 9.17) is 5.26 Å². The molecule has 1 heterocycles. The Morgan fingerprint density at radius 3 is 2.47 bits per heavy atom. The third-order valence-corrected chi connectivity index (χ3v) is 5.44. The number of sulfonamides is 1. The Hall–Kier alpha value is -1.42. The minimum Gasteiger partial charge on any atom is -0.396 e. The van der Waals surface area contributed by atoms with Crippen LogP contribution in [0.25, 0.3) is 0 Å². The van der Waals surface area contributed by atoms with Crippen LogP contribution in [0.5, 0.6) is 0 Å². The standard InChI is InChI=1S/C13H16N2O3S/c1-10-7-15(8-12(10)9-16)19(17,18)13-4-2-11(6-14)3-5-13/h2-5,10,12,16H,7-9H2,1H3/t10-,12+/m1/s1. The van der Waals surface area contributed by atoms with Crippen molar-refractivity contribution in [1.29, 1.82) is 5.26 Å². The summed E-state index contributed by atoms with van der Waals surface area (Å²) in [5, 5.41) is 17.9. The highest BCUT2D eigenvalue weighted by atomic mass is 32.2. The van der Waals surface area contributed by atoms with Gasteiger partial charge in [0.2, 0.25) is 10.0 Å². The Balaban J connectivity index is 2.26. The van der Waals surface area contributed by atoms with Crippen LogP contribution in [0.2, 0.25) is 0 Å². The van der Waals surface area contributed by atoms with Crippen molar-refractivity contribution in [3.8, 4) is 6.07 Å². The van der Waals surface area contributed by atoms with Crippen LogP contribution in [0.1, 0.15) is 12.5 Å². The Bertz CT molecular complexity index is 589. The summed E-state index contributed by atoms with van der Waals surface area (Å²) in [5.74, 6) is 0.145. The van der Waals surface area contributed by atoms with Crippen molar-refractivity contribution in [3.05, 3.63) is 29.8 Å². The van der Waals surface area contributed by atoms with Gasteiger partial charge in [-0.05, 0) is 36.1 Å². The smallest absolute Gasteiger partial charge is 0.243 e. The summed E-state index contributed by atoms with van der Waals surface area (Å²) >= 11 is 0. The second kappa shape index (κ2) is 5.29. The van der Waals surface area contributed by atoms with Crippen molar-refractivity contribution in [2.45, 2.75) is 11.8 Å². The zero-order valence-corrected chi connectivity index (χ0v) is 11.5. The lowest BCUT2D eigenvalue weighted by Gasteiger charge is -2.16. The summed E-state index contributed by atoms with van der Waals surface area (Å²) in [4.78, 5) is 0.192. The lowest BCUT2D eigenvalue weighted by atomic mass is 10.00. The van der Waals surface area contributed by atoms with Crippen molar-refractivity contribution >= 4 is 10.0 Å². The fourth-order valence-corrected chi connectivity index (χ4v) is 3.87. The maximum absolute atomic E-state index is 12.4. The first-order valence-electron chi connectivity index (χ1n) is 6.10. The van der Waals surface area contributed by atoms with Gasteiger partial charge in [0.25, 0.3) is 0 Å². The third kappa shape index (κ3) is 2.63. The van der Waals surface area contributed by atoms with Gasteiger partial charge in [0, 0.05) is 19.7 Å². The van der Waals surface area contributed by atoms with E-state index < -0.39 is 10.0 Å². The lowest BCUT2D eigenvalue weighted by molar-refractivity contribution is 0.210. The Morgan fingerprint density at radius 1 is 1.37 bits per heavy atom. The van der Waals surface area contributed by atoms with Gasteiger partial charge in [-0.15, -0.1) is 0 Å². The number of nitrogens with zero attached hydrogens (tertiary/aromatic N) is 2. The SMILES string of the molecule is C[C@@H]1CN(S(=O)(=O)c2ccc(C#N)cc2)C[C@H]1CO. The molecule has 2 atom stereocenters. The van der Waals surface area contributed by atoms with E-state index in [9.17, 15) is 13.5 Å². The number of rotatable bonds is 3. The summed E-state index contributed by atoms with van der Waals surface area (Å²) < 4.78 is 26.2. The van der Waals surface area contributed by atoms with Crippen molar-refractivity contribution < 1.29 is 13.5 Å². The minimum absolute atomic E-state index is 0.000552. The van der Waals surface area contributed by atoms with Crippen LogP contribution in [-0.2, 0) is 10.0 Å². The van der Waals surface area contributed by atoms with E-state index in [-0.39, 0.29) is 23.3 Å². The monoisotopic (exact) mass is 280 g/mol. The Kier molecular flexibility index (Phi) is 3.90. The van der Waals surface area contributed by atoms with Gasteiger partial charge in [-0.1, -0.05) is 6.92 Å². The quantitative estimate of drug-likeness (QED) is 0.888. The van der Waals surface area contributed by atoms with Crippen molar-refractivity contribution in [2.24, 2.45) is 11.8 Å². The number of nitriles is 1. The van der Waals surface area contributed by atoms with Crippen LogP contribution in [0.3, 0.4) is 0 Å². The summed E-state index contributed by atoms with van der Waals surface area (Å²) in [6.45, 7) is 2.71. The van der Waals surface area contributed by atoms with Gasteiger partial charge >= 0.3 is 0 Å². The molecule has 6 heteroatoms. The maximum Gasteiger partial charge on any atom is 0.243 e. The van der Waals surface area contributed by atoms with E-state index in [2.05, 4.69) is 0 Å². The van der Waals surface area contributed by atoms with Gasteiger partial charge in [0.05, 0.1) is 16.5 Å². The fourth-order valence-electron chi connectivity index (χ4n) is 2.27. The first-order valence-corrected chi connectivity index (χ1v) is 7.54. The van der Waals surface area contributed by atoms with E-state index in [1.807, 2.05) is 13.0 Å². The van der Waals surface area contributed by atoms with E-state index >= 15 is 0 Å². The van der Waals surface area contributed by atoms with Crippen molar-refractivity contribution in [3.63, 3.8) is 0 Å². The molecule has 0 unspecified atom stereocenters. The Morgan fingerprint density at radius 2 is 2.00 bits per heavy atom. The molecule has 0 amide bonds. The van der Waals surface area contributed by atoms with Gasteiger partial charge in [-0.3, -0.25) is 0 Å². The number of aliphatic hydroxyl groups is 1. The second-order valence-electron chi connectivity index (χ2n) is 4.88. The van der Waals surface area contributed by atoms with Gasteiger partial charge < -0.3 is 5.11 Å². The first-order chi connectivity index (χ1) is 8.98. The second-order valence-corrected chi connectivity index (χ2v) is 6.82. The number of hydrogen-bond donors (Lipinski definition) is 1. The molecule has 1 aliphatic rings. The number of hydrogen-bond acceptors (Lipinski definition) is 4. The molecular weight excluding hydrogens is 264 g/mol. The van der Waals surface area contributed by atoms with Crippen LogP contribution >= 0.6 is 0 Å². The number of aliphatic hydroxyl groups excluding tert-OH is 1. The third-order valence-electron chi connectivity index (χ3n) is 3.59. The molecule has 102 valence electrons. The molecule has 0 aromatic heterocycles. The van der Waals surface area contributed by atoms with Gasteiger partial charge in [-0.25, -0.2) is 8.42 Å². The Labute approximate surface area is 113 Å². The molecule has 1 aliphatic heterocycles. The molecule has 1 aromatic rings. The molecule has 0 spiro atoms. The lowest BCUT2D eigenvalue weighted by Crippen LogP contribution is -2.29. The van der Waals surface area contributed by atoms with Crippen LogP contribution in [0.4, 0.5) is 0 Å². The minimum atomic E-state index is -3.53. The molecule has 0 radical (unpaired) electrons. The van der Waals surface area contributed by atoms with Crippen LogP contribution in [0, 0.1) is 23.2 Å². The van der Waals surface area contributed by atoms with Crippen LogP contribution < -0.4 is 0 Å². The van der Waals surface area contributed by atoms with E-state index in [0.717, 1.165) is 0 Å². The predicted octanol–water partition coefficient (Wildman–Crippen LogP) is 0.807. The summed E-state index contributed by atoms with van der Waals surface area (Å²) in [6, 6.07) is 7.85. The molecule has 0 bridgehead atoms. The zero-order valence-electron chi connectivity index (χ0n) is 10.7. The molecule has 19 heavy (non-hydrogen) atoms.